The van der Waals surface area contributed by atoms with Crippen molar-refractivity contribution in [1.82, 2.24) is 4.98 Å². The molecule has 0 aliphatic rings. The number of imide groups is 1. The first-order valence-electron chi connectivity index (χ1n) is 9.24. The van der Waals surface area contributed by atoms with E-state index in [9.17, 15) is 19.7 Å². The molecule has 0 fully saturated rings. The Morgan fingerprint density at radius 3 is 1.87 bits per heavy atom. The maximum absolute atomic E-state index is 12.9. The van der Waals surface area contributed by atoms with Crippen LogP contribution in [0.2, 0.25) is 0 Å². The van der Waals surface area contributed by atoms with Crippen LogP contribution in [0.25, 0.3) is 11.3 Å². The van der Waals surface area contributed by atoms with Crippen molar-refractivity contribution in [2.24, 2.45) is 0 Å². The molecule has 9 heteroatoms. The van der Waals surface area contributed by atoms with Crippen molar-refractivity contribution in [3.63, 3.8) is 0 Å². The fourth-order valence-electron chi connectivity index (χ4n) is 2.43. The van der Waals surface area contributed by atoms with Gasteiger partial charge in [0, 0.05) is 23.9 Å². The molecule has 30 heavy (non-hydrogen) atoms. The lowest BCUT2D eigenvalue weighted by atomic mass is 10.1. The van der Waals surface area contributed by atoms with Gasteiger partial charge in [0.1, 0.15) is 11.2 Å². The third-order valence-corrected chi connectivity index (χ3v) is 3.53. The van der Waals surface area contributed by atoms with Crippen LogP contribution in [0.15, 0.2) is 42.6 Å². The highest BCUT2D eigenvalue weighted by Gasteiger charge is 2.34. The summed E-state index contributed by atoms with van der Waals surface area (Å²) in [6.45, 7) is 10.1. The summed E-state index contributed by atoms with van der Waals surface area (Å²) in [6.07, 6.45) is -0.358. The van der Waals surface area contributed by atoms with E-state index >= 15 is 0 Å². The van der Waals surface area contributed by atoms with E-state index in [2.05, 4.69) is 4.98 Å². The molecule has 0 N–H and O–H groups in total. The van der Waals surface area contributed by atoms with E-state index in [-0.39, 0.29) is 17.1 Å². The van der Waals surface area contributed by atoms with Crippen LogP contribution < -0.4 is 4.90 Å². The molecular weight excluding hydrogens is 390 g/mol. The van der Waals surface area contributed by atoms with E-state index in [1.165, 1.54) is 36.5 Å². The van der Waals surface area contributed by atoms with Gasteiger partial charge in [0.15, 0.2) is 0 Å². The maximum atomic E-state index is 12.9. The minimum absolute atomic E-state index is 0.0904. The number of anilines is 1. The Morgan fingerprint density at radius 2 is 1.43 bits per heavy atom. The maximum Gasteiger partial charge on any atom is 0.424 e. The zero-order valence-electron chi connectivity index (χ0n) is 17.8. The zero-order valence-corrected chi connectivity index (χ0v) is 17.8. The van der Waals surface area contributed by atoms with Crippen LogP contribution in [0.3, 0.4) is 0 Å². The van der Waals surface area contributed by atoms with Crippen molar-refractivity contribution in [1.29, 1.82) is 0 Å². The van der Waals surface area contributed by atoms with Gasteiger partial charge in [0.2, 0.25) is 0 Å². The highest BCUT2D eigenvalue weighted by molar-refractivity contribution is 6.11. The lowest BCUT2D eigenvalue weighted by Crippen LogP contribution is -2.44. The Hall–Kier alpha value is -3.49. The number of hydrogen-bond acceptors (Lipinski definition) is 7. The molecule has 0 saturated carbocycles. The van der Waals surface area contributed by atoms with Crippen LogP contribution >= 0.6 is 0 Å². The molecule has 1 heterocycles. The molecule has 1 aromatic heterocycles. The van der Waals surface area contributed by atoms with E-state index in [1.807, 2.05) is 0 Å². The molecule has 1 aromatic carbocycles. The van der Waals surface area contributed by atoms with Gasteiger partial charge in [0.05, 0.1) is 16.3 Å². The molecular formula is C21H25N3O6. The molecule has 0 spiro atoms. The lowest BCUT2D eigenvalue weighted by Gasteiger charge is -2.29. The number of aromatic nitrogens is 1. The molecule has 2 aromatic rings. The Balaban J connectivity index is 2.57. The summed E-state index contributed by atoms with van der Waals surface area (Å²) in [5.74, 6) is 0. The summed E-state index contributed by atoms with van der Waals surface area (Å²) in [5.41, 5.74) is -0.917. The predicted molar refractivity (Wildman–Crippen MR) is 111 cm³/mol. The summed E-state index contributed by atoms with van der Waals surface area (Å²) in [4.78, 5) is 41.3. The van der Waals surface area contributed by atoms with Crippen molar-refractivity contribution in [2.45, 2.75) is 52.7 Å². The number of nitro groups is 1. The molecule has 0 unspecified atom stereocenters. The van der Waals surface area contributed by atoms with E-state index < -0.39 is 28.3 Å². The quantitative estimate of drug-likeness (QED) is 0.491. The number of rotatable bonds is 3. The molecule has 160 valence electrons. The normalized spacial score (nSPS) is 11.5. The summed E-state index contributed by atoms with van der Waals surface area (Å²) in [5, 5.41) is 10.9. The third-order valence-electron chi connectivity index (χ3n) is 3.53. The number of pyridine rings is 1. The number of benzene rings is 1. The number of ether oxygens (including phenoxy) is 2. The molecule has 2 rings (SSSR count). The van der Waals surface area contributed by atoms with Crippen molar-refractivity contribution in [3.05, 3.63) is 52.7 Å². The molecule has 0 bridgehead atoms. The van der Waals surface area contributed by atoms with Crippen LogP contribution in [-0.2, 0) is 9.47 Å². The highest BCUT2D eigenvalue weighted by Crippen LogP contribution is 2.32. The SMILES string of the molecule is CC(C)(C)OC(=O)N(C(=O)OC(C)(C)C)c1cccnc1-c1ccc([N+](=O)[O-])cc1. The zero-order chi connectivity index (χ0) is 22.7. The van der Waals surface area contributed by atoms with Crippen LogP contribution in [-0.4, -0.2) is 33.3 Å². The first kappa shape index (κ1) is 22.8. The number of hydrogen-bond donors (Lipinski definition) is 0. The summed E-state index contributed by atoms with van der Waals surface area (Å²) in [6, 6.07) is 8.71. The van der Waals surface area contributed by atoms with Crippen LogP contribution in [0, 0.1) is 10.1 Å². The minimum atomic E-state index is -0.923. The number of amides is 2. The van der Waals surface area contributed by atoms with Gasteiger partial charge in [-0.3, -0.25) is 15.1 Å². The van der Waals surface area contributed by atoms with Gasteiger partial charge in [-0.15, -0.1) is 0 Å². The Bertz CT molecular complexity index is 914. The molecule has 9 nitrogen and oxygen atoms in total. The monoisotopic (exact) mass is 415 g/mol. The van der Waals surface area contributed by atoms with E-state index in [4.69, 9.17) is 9.47 Å². The first-order valence-corrected chi connectivity index (χ1v) is 9.24. The number of carbonyl (C=O) groups excluding carboxylic acids is 2. The first-order chi connectivity index (χ1) is 13.8. The molecule has 0 radical (unpaired) electrons. The third kappa shape index (κ3) is 6.00. The largest absolute Gasteiger partial charge is 0.443 e. The van der Waals surface area contributed by atoms with Crippen LogP contribution in [0.5, 0.6) is 0 Å². The van der Waals surface area contributed by atoms with Crippen molar-refractivity contribution >= 4 is 23.6 Å². The second-order valence-electron chi connectivity index (χ2n) is 8.47. The van der Waals surface area contributed by atoms with E-state index in [0.29, 0.717) is 5.56 Å². The Morgan fingerprint density at radius 1 is 0.933 bits per heavy atom. The van der Waals surface area contributed by atoms with Gasteiger partial charge >= 0.3 is 12.2 Å². The topological polar surface area (TPSA) is 112 Å². The summed E-state index contributed by atoms with van der Waals surface area (Å²) < 4.78 is 10.8. The van der Waals surface area contributed by atoms with Gasteiger partial charge in [-0.2, -0.15) is 4.90 Å². The lowest BCUT2D eigenvalue weighted by molar-refractivity contribution is -0.384. The van der Waals surface area contributed by atoms with Gasteiger partial charge in [-0.25, -0.2) is 9.59 Å². The van der Waals surface area contributed by atoms with Gasteiger partial charge < -0.3 is 9.47 Å². The Labute approximate surface area is 174 Å². The Kier molecular flexibility index (Phi) is 6.44. The number of nitrogens with zero attached hydrogens (tertiary/aromatic N) is 3. The van der Waals surface area contributed by atoms with Crippen LogP contribution in [0.1, 0.15) is 41.5 Å². The van der Waals surface area contributed by atoms with Gasteiger partial charge in [-0.1, -0.05) is 0 Å². The fraction of sp³-hybridized carbons (Fsp3) is 0.381. The molecule has 0 aliphatic carbocycles. The fourth-order valence-corrected chi connectivity index (χ4v) is 2.43. The average Bonchev–Trinajstić information content (AvgIpc) is 2.59. The van der Waals surface area contributed by atoms with Crippen LogP contribution in [0.4, 0.5) is 21.0 Å². The van der Waals surface area contributed by atoms with Crippen molar-refractivity contribution < 1.29 is 24.0 Å². The number of nitro benzene ring substituents is 1. The minimum Gasteiger partial charge on any atom is -0.443 e. The molecule has 0 atom stereocenters. The average molecular weight is 415 g/mol. The summed E-state index contributed by atoms with van der Waals surface area (Å²) in [7, 11) is 0. The van der Waals surface area contributed by atoms with E-state index in [1.54, 1.807) is 47.6 Å². The molecule has 2 amide bonds. The van der Waals surface area contributed by atoms with Gasteiger partial charge in [-0.05, 0) is 65.8 Å². The number of non-ortho nitro benzene ring substituents is 1. The van der Waals surface area contributed by atoms with Crippen molar-refractivity contribution in [3.8, 4) is 11.3 Å². The second-order valence-corrected chi connectivity index (χ2v) is 8.47. The van der Waals surface area contributed by atoms with E-state index in [0.717, 1.165) is 4.90 Å². The standard InChI is InChI=1S/C21H25N3O6/c1-20(2,3)29-18(25)23(19(26)30-21(4,5)6)16-8-7-13-22-17(16)14-9-11-15(12-10-14)24(27)28/h7-13H,1-6H3. The summed E-state index contributed by atoms with van der Waals surface area (Å²) >= 11 is 0. The van der Waals surface area contributed by atoms with Gasteiger partial charge in [0.25, 0.3) is 5.69 Å². The molecule has 0 aliphatic heterocycles. The second kappa shape index (κ2) is 8.48. The smallest absolute Gasteiger partial charge is 0.424 e. The predicted octanol–water partition coefficient (Wildman–Crippen LogP) is 5.33. The highest BCUT2D eigenvalue weighted by atomic mass is 16.6. The van der Waals surface area contributed by atoms with Crippen molar-refractivity contribution in [2.75, 3.05) is 4.90 Å². The molecule has 0 saturated heterocycles. The number of carbonyl (C=O) groups is 2.